The van der Waals surface area contributed by atoms with Crippen LogP contribution in [0.5, 0.6) is 5.75 Å². The number of ether oxygens (including phenoxy) is 1. The van der Waals surface area contributed by atoms with Gasteiger partial charge in [0, 0.05) is 6.54 Å². The monoisotopic (exact) mass is 279 g/mol. The Bertz CT molecular complexity index is 563. The van der Waals surface area contributed by atoms with Crippen molar-refractivity contribution in [2.24, 2.45) is 5.73 Å². The van der Waals surface area contributed by atoms with Crippen molar-refractivity contribution >= 4 is 11.6 Å². The van der Waals surface area contributed by atoms with Crippen LogP contribution in [0.1, 0.15) is 23.0 Å². The summed E-state index contributed by atoms with van der Waals surface area (Å²) in [5.41, 5.74) is 8.75. The van der Waals surface area contributed by atoms with E-state index in [4.69, 9.17) is 22.1 Å². The Kier molecular flexibility index (Phi) is 4.12. The number of methoxy groups -OCH3 is 1. The van der Waals surface area contributed by atoms with Crippen LogP contribution in [0.2, 0.25) is 5.02 Å². The molecule has 0 bridgehead atoms. The second kappa shape index (κ2) is 5.63. The fraction of sp³-hybridized carbons (Fsp3) is 0.357. The summed E-state index contributed by atoms with van der Waals surface area (Å²) in [6.07, 6.45) is 0. The third kappa shape index (κ3) is 2.60. The second-order valence-electron chi connectivity index (χ2n) is 4.45. The van der Waals surface area contributed by atoms with Crippen molar-refractivity contribution in [3.63, 3.8) is 0 Å². The summed E-state index contributed by atoms with van der Waals surface area (Å²) in [7, 11) is 1.65. The van der Waals surface area contributed by atoms with Crippen molar-refractivity contribution in [1.29, 1.82) is 0 Å². The van der Waals surface area contributed by atoms with Crippen LogP contribution in [0.4, 0.5) is 0 Å². The van der Waals surface area contributed by atoms with Gasteiger partial charge in [0.25, 0.3) is 0 Å². The van der Waals surface area contributed by atoms with Gasteiger partial charge >= 0.3 is 0 Å². The number of nitrogens with zero attached hydrogens (tertiary/aromatic N) is 2. The molecule has 4 nitrogen and oxygen atoms in total. The molecule has 0 spiro atoms. The minimum atomic E-state index is -0.0166. The molecular formula is C14H18ClN3O. The van der Waals surface area contributed by atoms with Crippen LogP contribution in [0, 0.1) is 13.8 Å². The molecule has 2 N–H and O–H groups in total. The quantitative estimate of drug-likeness (QED) is 0.936. The predicted octanol–water partition coefficient (Wildman–Crippen LogP) is 2.71. The van der Waals surface area contributed by atoms with Crippen molar-refractivity contribution in [2.45, 2.75) is 19.9 Å². The van der Waals surface area contributed by atoms with Crippen LogP contribution in [0.15, 0.2) is 24.3 Å². The molecule has 0 amide bonds. The van der Waals surface area contributed by atoms with Gasteiger partial charge in [0.05, 0.1) is 29.6 Å². The van der Waals surface area contributed by atoms with E-state index in [0.29, 0.717) is 11.6 Å². The van der Waals surface area contributed by atoms with E-state index in [-0.39, 0.29) is 6.04 Å². The van der Waals surface area contributed by atoms with E-state index in [1.54, 1.807) is 7.11 Å². The molecule has 0 fully saturated rings. The average molecular weight is 280 g/mol. The molecule has 0 aliphatic heterocycles. The third-order valence-electron chi connectivity index (χ3n) is 3.26. The van der Waals surface area contributed by atoms with Gasteiger partial charge in [0.15, 0.2) is 0 Å². The number of aryl methyl sites for hydroxylation is 1. The smallest absolute Gasteiger partial charge is 0.118 e. The van der Waals surface area contributed by atoms with E-state index < -0.39 is 0 Å². The minimum Gasteiger partial charge on any atom is -0.497 e. The number of aromatic nitrogens is 2. The molecule has 1 aromatic carbocycles. The van der Waals surface area contributed by atoms with Gasteiger partial charge in [-0.15, -0.1) is 0 Å². The van der Waals surface area contributed by atoms with E-state index in [1.165, 1.54) is 0 Å². The van der Waals surface area contributed by atoms with Crippen molar-refractivity contribution in [2.75, 3.05) is 13.7 Å². The Morgan fingerprint density at radius 1 is 1.32 bits per heavy atom. The molecule has 2 aromatic rings. The lowest BCUT2D eigenvalue weighted by molar-refractivity contribution is 0.414. The molecule has 0 saturated carbocycles. The number of hydrogen-bond acceptors (Lipinski definition) is 3. The molecule has 2 rings (SSSR count). The summed E-state index contributed by atoms with van der Waals surface area (Å²) in [6.45, 7) is 4.31. The highest BCUT2D eigenvalue weighted by Crippen LogP contribution is 2.26. The first-order chi connectivity index (χ1) is 9.08. The van der Waals surface area contributed by atoms with Crippen molar-refractivity contribution in [1.82, 2.24) is 9.78 Å². The van der Waals surface area contributed by atoms with Crippen molar-refractivity contribution in [3.8, 4) is 5.75 Å². The fourth-order valence-electron chi connectivity index (χ4n) is 2.15. The summed E-state index contributed by atoms with van der Waals surface area (Å²) < 4.78 is 7.05. The van der Waals surface area contributed by atoms with Crippen LogP contribution in [0.25, 0.3) is 0 Å². The van der Waals surface area contributed by atoms with E-state index >= 15 is 0 Å². The van der Waals surface area contributed by atoms with Crippen LogP contribution in [0.3, 0.4) is 0 Å². The van der Waals surface area contributed by atoms with Gasteiger partial charge in [-0.1, -0.05) is 23.7 Å². The van der Waals surface area contributed by atoms with Crippen LogP contribution < -0.4 is 10.5 Å². The summed E-state index contributed by atoms with van der Waals surface area (Å²) in [5.74, 6) is 0.825. The summed E-state index contributed by atoms with van der Waals surface area (Å²) in [6, 6.07) is 7.83. The molecule has 1 atom stereocenters. The van der Waals surface area contributed by atoms with E-state index in [2.05, 4.69) is 5.10 Å². The van der Waals surface area contributed by atoms with Gasteiger partial charge in [0.1, 0.15) is 5.75 Å². The van der Waals surface area contributed by atoms with Gasteiger partial charge < -0.3 is 10.5 Å². The average Bonchev–Trinajstić information content (AvgIpc) is 2.68. The lowest BCUT2D eigenvalue weighted by atomic mass is 10.1. The highest BCUT2D eigenvalue weighted by atomic mass is 35.5. The zero-order valence-corrected chi connectivity index (χ0v) is 12.1. The molecule has 0 aliphatic rings. The Morgan fingerprint density at radius 2 is 1.95 bits per heavy atom. The number of halogens is 1. The van der Waals surface area contributed by atoms with Gasteiger partial charge in [-0.3, -0.25) is 4.68 Å². The number of hydrogen-bond donors (Lipinski definition) is 1. The topological polar surface area (TPSA) is 53.1 Å². The van der Waals surface area contributed by atoms with E-state index in [1.807, 2.05) is 42.8 Å². The molecule has 1 heterocycles. The Morgan fingerprint density at radius 3 is 2.37 bits per heavy atom. The predicted molar refractivity (Wildman–Crippen MR) is 76.9 cm³/mol. The highest BCUT2D eigenvalue weighted by molar-refractivity contribution is 6.31. The third-order valence-corrected chi connectivity index (χ3v) is 3.80. The normalized spacial score (nSPS) is 12.5. The number of rotatable bonds is 4. The minimum absolute atomic E-state index is 0.0166. The standard InChI is InChI=1S/C14H18ClN3O/c1-9-14(15)10(2)18(17-9)13(8-16)11-4-6-12(19-3)7-5-11/h4-7,13H,8,16H2,1-3H3. The molecule has 1 aromatic heterocycles. The van der Waals surface area contributed by atoms with Crippen LogP contribution in [-0.4, -0.2) is 23.4 Å². The molecule has 0 saturated heterocycles. The number of benzene rings is 1. The molecule has 1 unspecified atom stereocenters. The summed E-state index contributed by atoms with van der Waals surface area (Å²) in [4.78, 5) is 0. The van der Waals surface area contributed by atoms with Gasteiger partial charge in [-0.05, 0) is 31.5 Å². The van der Waals surface area contributed by atoms with Crippen LogP contribution >= 0.6 is 11.6 Å². The first-order valence-corrected chi connectivity index (χ1v) is 6.51. The zero-order valence-electron chi connectivity index (χ0n) is 11.4. The van der Waals surface area contributed by atoms with Gasteiger partial charge in [-0.2, -0.15) is 5.10 Å². The van der Waals surface area contributed by atoms with Crippen LogP contribution in [-0.2, 0) is 0 Å². The fourth-order valence-corrected chi connectivity index (χ4v) is 2.27. The first kappa shape index (κ1) is 13.9. The summed E-state index contributed by atoms with van der Waals surface area (Å²) >= 11 is 6.19. The maximum atomic E-state index is 6.19. The molecule has 0 aliphatic carbocycles. The van der Waals surface area contributed by atoms with E-state index in [9.17, 15) is 0 Å². The molecule has 0 radical (unpaired) electrons. The highest BCUT2D eigenvalue weighted by Gasteiger charge is 2.18. The largest absolute Gasteiger partial charge is 0.497 e. The van der Waals surface area contributed by atoms with Gasteiger partial charge in [-0.25, -0.2) is 0 Å². The van der Waals surface area contributed by atoms with E-state index in [0.717, 1.165) is 22.7 Å². The number of nitrogens with two attached hydrogens (primary N) is 1. The second-order valence-corrected chi connectivity index (χ2v) is 4.83. The Labute approximate surface area is 118 Å². The maximum absolute atomic E-state index is 6.19. The Balaban J connectivity index is 2.40. The Hall–Kier alpha value is -1.52. The zero-order chi connectivity index (χ0) is 14.0. The van der Waals surface area contributed by atoms with Crippen molar-refractivity contribution in [3.05, 3.63) is 46.2 Å². The maximum Gasteiger partial charge on any atom is 0.118 e. The molecule has 19 heavy (non-hydrogen) atoms. The lowest BCUT2D eigenvalue weighted by Crippen LogP contribution is -2.22. The first-order valence-electron chi connectivity index (χ1n) is 6.13. The molecular weight excluding hydrogens is 262 g/mol. The van der Waals surface area contributed by atoms with Gasteiger partial charge in [0.2, 0.25) is 0 Å². The summed E-state index contributed by atoms with van der Waals surface area (Å²) in [5, 5.41) is 5.17. The molecule has 5 heteroatoms. The SMILES string of the molecule is COc1ccc(C(CN)n2nc(C)c(Cl)c2C)cc1. The van der Waals surface area contributed by atoms with Crippen molar-refractivity contribution < 1.29 is 4.74 Å². The molecule has 102 valence electrons. The lowest BCUT2D eigenvalue weighted by Gasteiger charge is -2.18.